The highest BCUT2D eigenvalue weighted by molar-refractivity contribution is 5.58. The van der Waals surface area contributed by atoms with Crippen molar-refractivity contribution in [1.29, 1.82) is 0 Å². The SMILES string of the molecule is C/C=C/c1ccccc1Oc1nc(CC)nc(N)c1C. The van der Waals surface area contributed by atoms with Gasteiger partial charge in [-0.15, -0.1) is 0 Å². The van der Waals surface area contributed by atoms with Crippen molar-refractivity contribution in [3.63, 3.8) is 0 Å². The average molecular weight is 269 g/mol. The van der Waals surface area contributed by atoms with Crippen LogP contribution in [-0.2, 0) is 6.42 Å². The zero-order valence-electron chi connectivity index (χ0n) is 12.1. The van der Waals surface area contributed by atoms with Crippen LogP contribution >= 0.6 is 0 Å². The van der Waals surface area contributed by atoms with E-state index in [1.54, 1.807) is 0 Å². The Kier molecular flexibility index (Phi) is 4.35. The number of nitrogens with two attached hydrogens (primary N) is 1. The third-order valence-corrected chi connectivity index (χ3v) is 2.97. The van der Waals surface area contributed by atoms with E-state index in [1.165, 1.54) is 0 Å². The molecule has 0 aliphatic rings. The molecule has 1 aromatic heterocycles. The number of aryl methyl sites for hydroxylation is 1. The number of nitrogens with zero attached hydrogens (tertiary/aromatic N) is 2. The molecule has 0 saturated carbocycles. The molecule has 0 aliphatic carbocycles. The van der Waals surface area contributed by atoms with E-state index in [0.717, 1.165) is 23.3 Å². The quantitative estimate of drug-likeness (QED) is 0.918. The summed E-state index contributed by atoms with van der Waals surface area (Å²) in [6, 6.07) is 7.82. The molecule has 4 heteroatoms. The van der Waals surface area contributed by atoms with Gasteiger partial charge in [0.15, 0.2) is 0 Å². The van der Waals surface area contributed by atoms with Gasteiger partial charge in [-0.3, -0.25) is 0 Å². The van der Waals surface area contributed by atoms with Crippen LogP contribution in [0.15, 0.2) is 30.3 Å². The van der Waals surface area contributed by atoms with E-state index >= 15 is 0 Å². The Hall–Kier alpha value is -2.36. The topological polar surface area (TPSA) is 61.0 Å². The maximum Gasteiger partial charge on any atom is 0.227 e. The summed E-state index contributed by atoms with van der Waals surface area (Å²) in [6.07, 6.45) is 4.69. The maximum atomic E-state index is 5.93. The molecule has 2 rings (SSSR count). The van der Waals surface area contributed by atoms with E-state index in [-0.39, 0.29) is 0 Å². The monoisotopic (exact) mass is 269 g/mol. The number of rotatable bonds is 4. The highest BCUT2D eigenvalue weighted by Crippen LogP contribution is 2.29. The van der Waals surface area contributed by atoms with Gasteiger partial charge < -0.3 is 10.5 Å². The fourth-order valence-corrected chi connectivity index (χ4v) is 1.81. The van der Waals surface area contributed by atoms with E-state index in [4.69, 9.17) is 10.5 Å². The summed E-state index contributed by atoms with van der Waals surface area (Å²) in [4.78, 5) is 8.64. The number of hydrogen-bond acceptors (Lipinski definition) is 4. The Bertz CT molecular complexity index is 636. The second-order valence-corrected chi connectivity index (χ2v) is 4.45. The summed E-state index contributed by atoms with van der Waals surface area (Å²) < 4.78 is 5.93. The average Bonchev–Trinajstić information content (AvgIpc) is 2.46. The summed E-state index contributed by atoms with van der Waals surface area (Å²) in [7, 11) is 0. The maximum absolute atomic E-state index is 5.93. The number of anilines is 1. The van der Waals surface area contributed by atoms with Crippen LogP contribution in [0.25, 0.3) is 6.08 Å². The van der Waals surface area contributed by atoms with Crippen LogP contribution in [0, 0.1) is 6.92 Å². The number of ether oxygens (including phenoxy) is 1. The molecule has 20 heavy (non-hydrogen) atoms. The minimum absolute atomic E-state index is 0.468. The number of allylic oxidation sites excluding steroid dienone is 1. The van der Waals surface area contributed by atoms with Crippen LogP contribution in [0.3, 0.4) is 0 Å². The highest BCUT2D eigenvalue weighted by atomic mass is 16.5. The van der Waals surface area contributed by atoms with E-state index in [1.807, 2.05) is 57.2 Å². The molecule has 1 aromatic carbocycles. The smallest absolute Gasteiger partial charge is 0.227 e. The Labute approximate surface area is 119 Å². The Balaban J connectivity index is 2.42. The van der Waals surface area contributed by atoms with Gasteiger partial charge >= 0.3 is 0 Å². The molecule has 0 spiro atoms. The van der Waals surface area contributed by atoms with Crippen molar-refractivity contribution < 1.29 is 4.74 Å². The number of benzene rings is 1. The van der Waals surface area contributed by atoms with Gasteiger partial charge in [0.1, 0.15) is 17.4 Å². The molecule has 0 bridgehead atoms. The lowest BCUT2D eigenvalue weighted by Gasteiger charge is -2.12. The normalized spacial score (nSPS) is 10.9. The summed E-state index contributed by atoms with van der Waals surface area (Å²) in [5, 5.41) is 0. The van der Waals surface area contributed by atoms with Crippen LogP contribution in [0.4, 0.5) is 5.82 Å². The first kappa shape index (κ1) is 14.1. The summed E-state index contributed by atoms with van der Waals surface area (Å²) >= 11 is 0. The molecular weight excluding hydrogens is 250 g/mol. The zero-order valence-corrected chi connectivity index (χ0v) is 12.1. The van der Waals surface area contributed by atoms with Crippen molar-refractivity contribution in [2.75, 3.05) is 5.73 Å². The van der Waals surface area contributed by atoms with Crippen molar-refractivity contribution in [3.8, 4) is 11.6 Å². The highest BCUT2D eigenvalue weighted by Gasteiger charge is 2.11. The van der Waals surface area contributed by atoms with Crippen molar-refractivity contribution in [3.05, 3.63) is 47.3 Å². The fourth-order valence-electron chi connectivity index (χ4n) is 1.81. The lowest BCUT2D eigenvalue weighted by Crippen LogP contribution is -2.04. The zero-order chi connectivity index (χ0) is 14.5. The number of nitrogen functional groups attached to an aromatic ring is 1. The van der Waals surface area contributed by atoms with Crippen molar-refractivity contribution in [2.24, 2.45) is 0 Å². The molecule has 2 N–H and O–H groups in total. The largest absolute Gasteiger partial charge is 0.438 e. The molecule has 2 aromatic rings. The van der Waals surface area contributed by atoms with Gasteiger partial charge in [0.2, 0.25) is 5.88 Å². The lowest BCUT2D eigenvalue weighted by atomic mass is 10.2. The Morgan fingerprint density at radius 1 is 1.25 bits per heavy atom. The molecule has 0 atom stereocenters. The van der Waals surface area contributed by atoms with E-state index in [2.05, 4.69) is 9.97 Å². The minimum atomic E-state index is 0.468. The number of hydrogen-bond donors (Lipinski definition) is 1. The van der Waals surface area contributed by atoms with Gasteiger partial charge in [-0.1, -0.05) is 37.3 Å². The second kappa shape index (κ2) is 6.19. The first-order chi connectivity index (χ1) is 9.65. The van der Waals surface area contributed by atoms with Crippen LogP contribution in [-0.4, -0.2) is 9.97 Å². The Morgan fingerprint density at radius 2 is 2.00 bits per heavy atom. The molecule has 104 valence electrons. The summed E-state index contributed by atoms with van der Waals surface area (Å²) in [5.41, 5.74) is 7.67. The van der Waals surface area contributed by atoms with Gasteiger partial charge in [0, 0.05) is 12.0 Å². The molecular formula is C16H19N3O. The predicted octanol–water partition coefficient (Wildman–Crippen LogP) is 3.76. The molecule has 4 nitrogen and oxygen atoms in total. The van der Waals surface area contributed by atoms with Crippen molar-refractivity contribution in [1.82, 2.24) is 9.97 Å². The minimum Gasteiger partial charge on any atom is -0.438 e. The van der Waals surface area contributed by atoms with Gasteiger partial charge in [0.25, 0.3) is 0 Å². The number of para-hydroxylation sites is 1. The molecule has 0 saturated heterocycles. The van der Waals surface area contributed by atoms with Gasteiger partial charge in [-0.25, -0.2) is 4.98 Å². The van der Waals surface area contributed by atoms with Crippen LogP contribution in [0.2, 0.25) is 0 Å². The standard InChI is InChI=1S/C16H19N3O/c1-4-8-12-9-6-7-10-13(12)20-16-11(3)15(17)18-14(5-2)19-16/h4,6-10H,5H2,1-3H3,(H2,17,18,19)/b8-4+. The first-order valence-corrected chi connectivity index (χ1v) is 6.68. The van der Waals surface area contributed by atoms with Gasteiger partial charge in [0.05, 0.1) is 5.56 Å². The van der Waals surface area contributed by atoms with E-state index in [0.29, 0.717) is 17.5 Å². The van der Waals surface area contributed by atoms with E-state index in [9.17, 15) is 0 Å². The third-order valence-electron chi connectivity index (χ3n) is 2.97. The molecule has 0 fully saturated rings. The Morgan fingerprint density at radius 3 is 2.70 bits per heavy atom. The van der Waals surface area contributed by atoms with Crippen LogP contribution in [0.1, 0.15) is 30.8 Å². The molecule has 1 heterocycles. The van der Waals surface area contributed by atoms with Gasteiger partial charge in [-0.05, 0) is 19.9 Å². The second-order valence-electron chi connectivity index (χ2n) is 4.45. The molecule has 0 radical (unpaired) electrons. The summed E-state index contributed by atoms with van der Waals surface area (Å²) in [5.74, 6) is 2.43. The third kappa shape index (κ3) is 2.96. The van der Waals surface area contributed by atoms with E-state index < -0.39 is 0 Å². The summed E-state index contributed by atoms with van der Waals surface area (Å²) in [6.45, 7) is 5.82. The van der Waals surface area contributed by atoms with Crippen LogP contribution in [0.5, 0.6) is 11.6 Å². The number of aromatic nitrogens is 2. The molecule has 0 amide bonds. The molecule has 0 aliphatic heterocycles. The molecule has 0 unspecified atom stereocenters. The van der Waals surface area contributed by atoms with Crippen molar-refractivity contribution >= 4 is 11.9 Å². The lowest BCUT2D eigenvalue weighted by molar-refractivity contribution is 0.454. The van der Waals surface area contributed by atoms with Crippen molar-refractivity contribution in [2.45, 2.75) is 27.2 Å². The van der Waals surface area contributed by atoms with Gasteiger partial charge in [-0.2, -0.15) is 4.98 Å². The first-order valence-electron chi connectivity index (χ1n) is 6.68. The van der Waals surface area contributed by atoms with Crippen LogP contribution < -0.4 is 10.5 Å². The predicted molar refractivity (Wildman–Crippen MR) is 81.8 cm³/mol. The fraction of sp³-hybridized carbons (Fsp3) is 0.250.